The summed E-state index contributed by atoms with van der Waals surface area (Å²) in [6, 6.07) is 8.04. The van der Waals surface area contributed by atoms with Gasteiger partial charge in [-0.25, -0.2) is 0 Å². The number of benzene rings is 1. The molecule has 1 heterocycles. The van der Waals surface area contributed by atoms with Crippen LogP contribution in [-0.2, 0) is 0 Å². The molecule has 2 aromatic rings. The van der Waals surface area contributed by atoms with Crippen molar-refractivity contribution in [3.63, 3.8) is 0 Å². The highest BCUT2D eigenvalue weighted by molar-refractivity contribution is 5.42. The maximum Gasteiger partial charge on any atom is 0.122 e. The Bertz CT molecular complexity index is 590. The van der Waals surface area contributed by atoms with Crippen LogP contribution in [-0.4, -0.2) is 16.6 Å². The van der Waals surface area contributed by atoms with Gasteiger partial charge in [0.15, 0.2) is 0 Å². The zero-order chi connectivity index (χ0) is 13.7. The minimum atomic E-state index is -0.400. The number of rotatable bonds is 4. The topological polar surface area (TPSA) is 58.8 Å². The molecule has 0 radical (unpaired) electrons. The molecule has 1 aromatic carbocycles. The van der Waals surface area contributed by atoms with Crippen LogP contribution in [0.2, 0.25) is 0 Å². The Hall–Kier alpha value is -2.41. The van der Waals surface area contributed by atoms with Crippen LogP contribution in [0, 0.1) is 18.3 Å². The lowest BCUT2D eigenvalue weighted by molar-refractivity contribution is 0.338. The number of hydrogen-bond donors (Lipinski definition) is 0. The zero-order valence-electron chi connectivity index (χ0n) is 11.0. The molecule has 0 aliphatic heterocycles. The molecule has 0 aliphatic carbocycles. The first kappa shape index (κ1) is 13.0. The Morgan fingerprint density at radius 3 is 2.79 bits per heavy atom. The molecular weight excluding hydrogens is 238 g/mol. The first-order chi connectivity index (χ1) is 9.26. The summed E-state index contributed by atoms with van der Waals surface area (Å²) in [5, 5.41) is 9.35. The molecule has 0 amide bonds. The summed E-state index contributed by atoms with van der Waals surface area (Å²) in [4.78, 5) is 8.21. The molecule has 96 valence electrons. The Balaban J connectivity index is 2.35. The number of hydrogen-bond acceptors (Lipinski definition) is 4. The third-order valence-corrected chi connectivity index (χ3v) is 2.84. The third-order valence-electron chi connectivity index (χ3n) is 2.84. The van der Waals surface area contributed by atoms with Gasteiger partial charge in [-0.1, -0.05) is 12.1 Å². The second-order valence-corrected chi connectivity index (χ2v) is 4.15. The highest BCUT2D eigenvalue weighted by atomic mass is 16.5. The first-order valence-corrected chi connectivity index (χ1v) is 6.15. The second-order valence-electron chi connectivity index (χ2n) is 4.15. The summed E-state index contributed by atoms with van der Waals surface area (Å²) in [7, 11) is 0. The lowest BCUT2D eigenvalue weighted by Gasteiger charge is -2.12. The van der Waals surface area contributed by atoms with E-state index in [9.17, 15) is 5.26 Å². The van der Waals surface area contributed by atoms with E-state index in [2.05, 4.69) is 16.0 Å². The van der Waals surface area contributed by atoms with Gasteiger partial charge in [0.1, 0.15) is 11.7 Å². The molecular formula is C15H15N3O. The number of nitriles is 1. The van der Waals surface area contributed by atoms with E-state index in [0.717, 1.165) is 16.9 Å². The van der Waals surface area contributed by atoms with Gasteiger partial charge in [0, 0.05) is 12.4 Å². The molecule has 0 bridgehead atoms. The largest absolute Gasteiger partial charge is 0.494 e. The van der Waals surface area contributed by atoms with Crippen LogP contribution in [0.25, 0.3) is 0 Å². The molecule has 1 unspecified atom stereocenters. The fourth-order valence-electron chi connectivity index (χ4n) is 1.94. The smallest absolute Gasteiger partial charge is 0.122 e. The van der Waals surface area contributed by atoms with E-state index in [1.807, 2.05) is 32.0 Å². The molecule has 4 heteroatoms. The Morgan fingerprint density at radius 2 is 2.21 bits per heavy atom. The molecule has 4 nitrogen and oxygen atoms in total. The number of aromatic nitrogens is 2. The van der Waals surface area contributed by atoms with Gasteiger partial charge < -0.3 is 4.74 Å². The Labute approximate surface area is 112 Å². The standard InChI is InChI=1S/C15H15N3O/c1-3-19-15-5-4-12(8-11(15)2)13(9-16)14-10-17-6-7-18-14/h4-8,10,13H,3H2,1-2H3. The number of aryl methyl sites for hydroxylation is 1. The van der Waals surface area contributed by atoms with Gasteiger partial charge in [-0.15, -0.1) is 0 Å². The summed E-state index contributed by atoms with van der Waals surface area (Å²) in [6.07, 6.45) is 4.82. The summed E-state index contributed by atoms with van der Waals surface area (Å²) in [5.74, 6) is 0.449. The molecule has 2 rings (SSSR count). The molecule has 1 aromatic heterocycles. The van der Waals surface area contributed by atoms with Crippen LogP contribution >= 0.6 is 0 Å². The lowest BCUT2D eigenvalue weighted by Crippen LogP contribution is -2.02. The average Bonchev–Trinajstić information content (AvgIpc) is 2.44. The molecule has 0 saturated carbocycles. The average molecular weight is 253 g/mol. The molecule has 1 atom stereocenters. The number of ether oxygens (including phenoxy) is 1. The van der Waals surface area contributed by atoms with Crippen LogP contribution in [0.4, 0.5) is 0 Å². The maximum absolute atomic E-state index is 9.35. The van der Waals surface area contributed by atoms with Crippen molar-refractivity contribution in [1.82, 2.24) is 9.97 Å². The van der Waals surface area contributed by atoms with Gasteiger partial charge in [0.25, 0.3) is 0 Å². The van der Waals surface area contributed by atoms with Crippen molar-refractivity contribution >= 4 is 0 Å². The van der Waals surface area contributed by atoms with Gasteiger partial charge in [0.2, 0.25) is 0 Å². The van der Waals surface area contributed by atoms with Gasteiger partial charge >= 0.3 is 0 Å². The summed E-state index contributed by atoms with van der Waals surface area (Å²) < 4.78 is 5.50. The van der Waals surface area contributed by atoms with Crippen molar-refractivity contribution in [2.24, 2.45) is 0 Å². The van der Waals surface area contributed by atoms with Crippen molar-refractivity contribution in [3.05, 3.63) is 53.6 Å². The fraction of sp³-hybridized carbons (Fsp3) is 0.267. The maximum atomic E-state index is 9.35. The van der Waals surface area contributed by atoms with Gasteiger partial charge in [-0.2, -0.15) is 5.26 Å². The van der Waals surface area contributed by atoms with E-state index in [1.165, 1.54) is 0 Å². The van der Waals surface area contributed by atoms with Crippen LogP contribution < -0.4 is 4.74 Å². The van der Waals surface area contributed by atoms with Crippen molar-refractivity contribution in [2.75, 3.05) is 6.61 Å². The quantitative estimate of drug-likeness (QED) is 0.840. The fourth-order valence-corrected chi connectivity index (χ4v) is 1.94. The van der Waals surface area contributed by atoms with E-state index in [0.29, 0.717) is 12.3 Å². The predicted octanol–water partition coefficient (Wildman–Crippen LogP) is 2.84. The monoisotopic (exact) mass is 253 g/mol. The van der Waals surface area contributed by atoms with Crippen molar-refractivity contribution in [3.8, 4) is 11.8 Å². The predicted molar refractivity (Wildman–Crippen MR) is 71.8 cm³/mol. The van der Waals surface area contributed by atoms with Crippen LogP contribution in [0.15, 0.2) is 36.8 Å². The SMILES string of the molecule is CCOc1ccc(C(C#N)c2cnccn2)cc1C. The highest BCUT2D eigenvalue weighted by Gasteiger charge is 2.16. The van der Waals surface area contributed by atoms with E-state index < -0.39 is 5.92 Å². The molecule has 0 aliphatic rings. The minimum absolute atomic E-state index is 0.400. The van der Waals surface area contributed by atoms with Crippen molar-refractivity contribution in [1.29, 1.82) is 5.26 Å². The lowest BCUT2D eigenvalue weighted by atomic mass is 9.96. The van der Waals surface area contributed by atoms with Crippen molar-refractivity contribution < 1.29 is 4.74 Å². The highest BCUT2D eigenvalue weighted by Crippen LogP contribution is 2.26. The molecule has 0 spiro atoms. The zero-order valence-corrected chi connectivity index (χ0v) is 11.0. The van der Waals surface area contributed by atoms with Crippen LogP contribution in [0.3, 0.4) is 0 Å². The van der Waals surface area contributed by atoms with Crippen LogP contribution in [0.5, 0.6) is 5.75 Å². The van der Waals surface area contributed by atoms with Crippen LogP contribution in [0.1, 0.15) is 29.7 Å². The van der Waals surface area contributed by atoms with E-state index in [4.69, 9.17) is 4.74 Å². The van der Waals surface area contributed by atoms with E-state index >= 15 is 0 Å². The van der Waals surface area contributed by atoms with Crippen molar-refractivity contribution in [2.45, 2.75) is 19.8 Å². The van der Waals surface area contributed by atoms with E-state index in [-0.39, 0.29) is 0 Å². The molecule has 0 fully saturated rings. The van der Waals surface area contributed by atoms with E-state index in [1.54, 1.807) is 18.6 Å². The molecule has 0 saturated heterocycles. The summed E-state index contributed by atoms with van der Waals surface area (Å²) >= 11 is 0. The second kappa shape index (κ2) is 5.96. The Morgan fingerprint density at radius 1 is 1.37 bits per heavy atom. The van der Waals surface area contributed by atoms with Gasteiger partial charge in [-0.05, 0) is 31.0 Å². The molecule has 0 N–H and O–H groups in total. The minimum Gasteiger partial charge on any atom is -0.494 e. The summed E-state index contributed by atoms with van der Waals surface area (Å²) in [6.45, 7) is 4.55. The van der Waals surface area contributed by atoms with Gasteiger partial charge in [-0.3, -0.25) is 9.97 Å². The first-order valence-electron chi connectivity index (χ1n) is 6.15. The summed E-state index contributed by atoms with van der Waals surface area (Å²) in [5.41, 5.74) is 2.58. The molecule has 19 heavy (non-hydrogen) atoms. The third kappa shape index (κ3) is 2.89. The normalized spacial score (nSPS) is 11.6. The number of nitrogens with zero attached hydrogens (tertiary/aromatic N) is 3. The Kier molecular flexibility index (Phi) is 4.09. The van der Waals surface area contributed by atoms with Gasteiger partial charge in [0.05, 0.1) is 24.6 Å².